The molecule has 0 bridgehead atoms. The summed E-state index contributed by atoms with van der Waals surface area (Å²) in [5.74, 6) is -2.63. The maximum absolute atomic E-state index is 12.6. The van der Waals surface area contributed by atoms with Gasteiger partial charge >= 0.3 is 5.97 Å². The summed E-state index contributed by atoms with van der Waals surface area (Å²) in [6.07, 6.45) is 2.31. The molecular formula is C17H32N4O6S2. The van der Waals surface area contributed by atoms with Gasteiger partial charge in [-0.3, -0.25) is 14.4 Å². The van der Waals surface area contributed by atoms with Crippen LogP contribution in [0, 0.1) is 5.92 Å². The minimum absolute atomic E-state index is 0.0142. The SMILES string of the molecule is CSCCC(NC(=O)C(CC(C)C)NC(=O)C(CO)NC(=O)C(N)CS)C(=O)O. The average molecular weight is 453 g/mol. The molecule has 0 aliphatic carbocycles. The molecule has 0 saturated heterocycles. The maximum Gasteiger partial charge on any atom is 0.326 e. The van der Waals surface area contributed by atoms with E-state index in [1.807, 2.05) is 20.1 Å². The van der Waals surface area contributed by atoms with Gasteiger partial charge < -0.3 is 31.9 Å². The summed E-state index contributed by atoms with van der Waals surface area (Å²) < 4.78 is 0. The summed E-state index contributed by atoms with van der Waals surface area (Å²) in [7, 11) is 0. The molecule has 0 saturated carbocycles. The van der Waals surface area contributed by atoms with Crippen molar-refractivity contribution in [3.8, 4) is 0 Å². The van der Waals surface area contributed by atoms with Gasteiger partial charge in [-0.05, 0) is 30.8 Å². The lowest BCUT2D eigenvalue weighted by Gasteiger charge is -2.25. The summed E-state index contributed by atoms with van der Waals surface area (Å²) >= 11 is 5.35. The van der Waals surface area contributed by atoms with Crippen LogP contribution in [0.25, 0.3) is 0 Å². The monoisotopic (exact) mass is 452 g/mol. The van der Waals surface area contributed by atoms with Crippen molar-refractivity contribution in [2.45, 2.75) is 50.9 Å². The molecule has 0 aliphatic rings. The number of hydrogen-bond acceptors (Lipinski definition) is 8. The molecule has 3 amide bonds. The van der Waals surface area contributed by atoms with Gasteiger partial charge in [0.05, 0.1) is 12.6 Å². The molecule has 0 aliphatic heterocycles. The van der Waals surface area contributed by atoms with Crippen molar-refractivity contribution in [2.75, 3.05) is 24.4 Å². The molecule has 0 aromatic heterocycles. The molecular weight excluding hydrogens is 420 g/mol. The molecule has 0 aromatic carbocycles. The Bertz CT molecular complexity index is 564. The van der Waals surface area contributed by atoms with E-state index in [1.165, 1.54) is 11.8 Å². The highest BCUT2D eigenvalue weighted by molar-refractivity contribution is 7.98. The van der Waals surface area contributed by atoms with E-state index >= 15 is 0 Å². The molecule has 0 radical (unpaired) electrons. The first-order chi connectivity index (χ1) is 13.6. The second-order valence-corrected chi connectivity index (χ2v) is 8.26. The Hall–Kier alpha value is -1.50. The van der Waals surface area contributed by atoms with Crippen molar-refractivity contribution in [2.24, 2.45) is 11.7 Å². The molecule has 29 heavy (non-hydrogen) atoms. The van der Waals surface area contributed by atoms with Gasteiger partial charge in [-0.1, -0.05) is 13.8 Å². The summed E-state index contributed by atoms with van der Waals surface area (Å²) in [6.45, 7) is 2.98. The fraction of sp³-hybridized carbons (Fsp3) is 0.765. The maximum atomic E-state index is 12.6. The lowest BCUT2D eigenvalue weighted by Crippen LogP contribution is -2.58. The highest BCUT2D eigenvalue weighted by Crippen LogP contribution is 2.08. The van der Waals surface area contributed by atoms with Crippen LogP contribution in [-0.4, -0.2) is 82.4 Å². The van der Waals surface area contributed by atoms with Crippen LogP contribution < -0.4 is 21.7 Å². The normalized spacial score (nSPS) is 15.1. The Labute approximate surface area is 180 Å². The number of aliphatic hydroxyl groups is 1. The van der Waals surface area contributed by atoms with Crippen molar-refractivity contribution in [3.05, 3.63) is 0 Å². The van der Waals surface area contributed by atoms with Gasteiger partial charge in [0, 0.05) is 5.75 Å². The first-order valence-electron chi connectivity index (χ1n) is 9.17. The summed E-state index contributed by atoms with van der Waals surface area (Å²) in [4.78, 5) is 48.3. The third kappa shape index (κ3) is 10.7. The Morgan fingerprint density at radius 2 is 1.52 bits per heavy atom. The van der Waals surface area contributed by atoms with Crippen LogP contribution in [-0.2, 0) is 19.2 Å². The summed E-state index contributed by atoms with van der Waals surface area (Å²) in [5.41, 5.74) is 5.53. The van der Waals surface area contributed by atoms with Gasteiger partial charge in [-0.25, -0.2) is 4.79 Å². The predicted molar refractivity (Wildman–Crippen MR) is 115 cm³/mol. The Morgan fingerprint density at radius 1 is 1.00 bits per heavy atom. The van der Waals surface area contributed by atoms with Crippen molar-refractivity contribution in [3.63, 3.8) is 0 Å². The van der Waals surface area contributed by atoms with Gasteiger partial charge in [-0.15, -0.1) is 0 Å². The molecule has 0 heterocycles. The highest BCUT2D eigenvalue weighted by atomic mass is 32.2. The molecule has 4 unspecified atom stereocenters. The lowest BCUT2D eigenvalue weighted by molar-refractivity contribution is -0.142. The molecule has 4 atom stereocenters. The lowest BCUT2D eigenvalue weighted by atomic mass is 10.0. The number of carboxylic acids is 1. The van der Waals surface area contributed by atoms with E-state index in [0.717, 1.165) is 0 Å². The first-order valence-corrected chi connectivity index (χ1v) is 11.2. The van der Waals surface area contributed by atoms with Crippen molar-refractivity contribution in [1.29, 1.82) is 0 Å². The molecule has 0 aromatic rings. The number of hydrogen-bond donors (Lipinski definition) is 7. The molecule has 0 fully saturated rings. The minimum atomic E-state index is -1.30. The van der Waals surface area contributed by atoms with Crippen LogP contribution in [0.3, 0.4) is 0 Å². The van der Waals surface area contributed by atoms with Gasteiger partial charge in [-0.2, -0.15) is 24.4 Å². The van der Waals surface area contributed by atoms with E-state index in [9.17, 15) is 29.4 Å². The largest absolute Gasteiger partial charge is 0.480 e. The molecule has 168 valence electrons. The van der Waals surface area contributed by atoms with Crippen LogP contribution in [0.15, 0.2) is 0 Å². The second kappa shape index (κ2) is 14.5. The molecule has 12 heteroatoms. The number of carbonyl (C=O) groups excluding carboxylic acids is 3. The van der Waals surface area contributed by atoms with E-state index in [1.54, 1.807) is 0 Å². The number of nitrogens with one attached hydrogen (secondary N) is 3. The minimum Gasteiger partial charge on any atom is -0.480 e. The van der Waals surface area contributed by atoms with E-state index in [-0.39, 0.29) is 24.5 Å². The number of aliphatic carboxylic acids is 1. The molecule has 7 N–H and O–H groups in total. The number of carbonyl (C=O) groups is 4. The molecule has 10 nitrogen and oxygen atoms in total. The highest BCUT2D eigenvalue weighted by Gasteiger charge is 2.30. The quantitative estimate of drug-likeness (QED) is 0.157. The number of nitrogens with two attached hydrogens (primary N) is 1. The average Bonchev–Trinajstić information content (AvgIpc) is 2.66. The third-order valence-corrected chi connectivity index (χ3v) is 4.95. The van der Waals surface area contributed by atoms with Crippen molar-refractivity contribution >= 4 is 48.1 Å². The standard InChI is InChI=1S/C17H32N4O6S2/c1-9(2)6-12(15(24)19-11(17(26)27)4-5-29-3)20-16(25)13(7-22)21-14(23)10(18)8-28/h9-13,22,28H,4-8,18H2,1-3H3,(H,19,24)(H,20,25)(H,21,23)(H,26,27). The Kier molecular flexibility index (Phi) is 13.7. The van der Waals surface area contributed by atoms with Crippen molar-refractivity contribution in [1.82, 2.24) is 16.0 Å². The van der Waals surface area contributed by atoms with E-state index in [0.29, 0.717) is 5.75 Å². The summed E-state index contributed by atoms with van der Waals surface area (Å²) in [6, 6.07) is -4.36. The Morgan fingerprint density at radius 3 is 1.97 bits per heavy atom. The predicted octanol–water partition coefficient (Wildman–Crippen LogP) is -1.43. The molecule has 0 spiro atoms. The van der Waals surface area contributed by atoms with Crippen molar-refractivity contribution < 1.29 is 29.4 Å². The number of thioether (sulfide) groups is 1. The van der Waals surface area contributed by atoms with Gasteiger partial charge in [0.25, 0.3) is 0 Å². The van der Waals surface area contributed by atoms with E-state index in [2.05, 4.69) is 28.6 Å². The van der Waals surface area contributed by atoms with E-state index in [4.69, 9.17) is 5.73 Å². The number of amides is 3. The zero-order chi connectivity index (χ0) is 22.6. The fourth-order valence-corrected chi connectivity index (χ4v) is 2.93. The number of rotatable bonds is 14. The van der Waals surface area contributed by atoms with Gasteiger partial charge in [0.15, 0.2) is 0 Å². The van der Waals surface area contributed by atoms with Crippen LogP contribution in [0.4, 0.5) is 0 Å². The number of carboxylic acid groups (broad SMARTS) is 1. The van der Waals surface area contributed by atoms with Gasteiger partial charge in [0.2, 0.25) is 17.7 Å². The van der Waals surface area contributed by atoms with Gasteiger partial charge in [0.1, 0.15) is 18.1 Å². The fourth-order valence-electron chi connectivity index (χ4n) is 2.30. The third-order valence-electron chi connectivity index (χ3n) is 3.91. The van der Waals surface area contributed by atoms with Crippen LogP contribution in [0.5, 0.6) is 0 Å². The van der Waals surface area contributed by atoms with E-state index < -0.39 is 54.5 Å². The molecule has 0 rings (SSSR count). The zero-order valence-electron chi connectivity index (χ0n) is 16.9. The van der Waals surface area contributed by atoms with Crippen LogP contribution in [0.2, 0.25) is 0 Å². The number of thiol groups is 1. The number of aliphatic hydroxyl groups excluding tert-OH is 1. The topological polar surface area (TPSA) is 171 Å². The second-order valence-electron chi connectivity index (χ2n) is 6.90. The Balaban J connectivity index is 5.19. The van der Waals surface area contributed by atoms with Crippen LogP contribution >= 0.6 is 24.4 Å². The first kappa shape index (κ1) is 27.5. The smallest absolute Gasteiger partial charge is 0.326 e. The zero-order valence-corrected chi connectivity index (χ0v) is 18.6. The summed E-state index contributed by atoms with van der Waals surface area (Å²) in [5, 5.41) is 25.9. The van der Waals surface area contributed by atoms with Crippen LogP contribution in [0.1, 0.15) is 26.7 Å².